The van der Waals surface area contributed by atoms with Crippen LogP contribution in [0.1, 0.15) is 32.6 Å². The first kappa shape index (κ1) is 14.3. The number of nitrogens with one attached hydrogen (secondary N) is 1. The first-order valence-electron chi connectivity index (χ1n) is 7.86. The molecule has 2 aliphatic rings. The van der Waals surface area contributed by atoms with E-state index >= 15 is 0 Å². The van der Waals surface area contributed by atoms with Gasteiger partial charge in [-0.1, -0.05) is 6.92 Å². The second kappa shape index (κ2) is 6.39. The van der Waals surface area contributed by atoms with Crippen LogP contribution in [0.2, 0.25) is 0 Å². The predicted octanol–water partition coefficient (Wildman–Crippen LogP) is 1.50. The molecule has 1 amide bonds. The van der Waals surface area contributed by atoms with Crippen molar-refractivity contribution in [2.75, 3.05) is 36.4 Å². The summed E-state index contributed by atoms with van der Waals surface area (Å²) in [5, 5.41) is 2.99. The highest BCUT2D eigenvalue weighted by atomic mass is 16.2. The number of aromatic nitrogens is 2. The molecule has 21 heavy (non-hydrogen) atoms. The Balaban J connectivity index is 1.64. The average molecular weight is 289 g/mol. The van der Waals surface area contributed by atoms with E-state index in [9.17, 15) is 4.79 Å². The summed E-state index contributed by atoms with van der Waals surface area (Å²) in [4.78, 5) is 25.1. The van der Waals surface area contributed by atoms with Gasteiger partial charge in [-0.05, 0) is 32.2 Å². The molecule has 0 unspecified atom stereocenters. The Kier molecular flexibility index (Phi) is 4.34. The Morgan fingerprint density at radius 3 is 2.86 bits per heavy atom. The van der Waals surface area contributed by atoms with E-state index < -0.39 is 0 Å². The van der Waals surface area contributed by atoms with E-state index in [1.54, 1.807) is 12.5 Å². The number of likely N-dealkylation sites (N-methyl/N-ethyl adjacent to an activating group) is 1. The quantitative estimate of drug-likeness (QED) is 0.860. The van der Waals surface area contributed by atoms with Gasteiger partial charge in [0.2, 0.25) is 5.91 Å². The van der Waals surface area contributed by atoms with Crippen LogP contribution < -0.4 is 10.2 Å². The molecule has 0 bridgehead atoms. The second-order valence-electron chi connectivity index (χ2n) is 5.80. The molecule has 3 rings (SSSR count). The molecule has 0 spiro atoms. The van der Waals surface area contributed by atoms with Crippen LogP contribution in [0.25, 0.3) is 0 Å². The molecular formula is C15H23N5O. The van der Waals surface area contributed by atoms with Gasteiger partial charge in [0, 0.05) is 19.1 Å². The number of rotatable bonds is 6. The number of carbonyl (C=O) groups excluding carboxylic acids is 1. The maximum Gasteiger partial charge on any atom is 0.238 e. The summed E-state index contributed by atoms with van der Waals surface area (Å²) < 4.78 is 0. The van der Waals surface area contributed by atoms with E-state index in [1.165, 1.54) is 25.7 Å². The molecule has 6 heteroatoms. The Bertz CT molecular complexity index is 497. The van der Waals surface area contributed by atoms with Gasteiger partial charge in [0.25, 0.3) is 0 Å². The zero-order valence-corrected chi connectivity index (χ0v) is 12.6. The Labute approximate surface area is 125 Å². The van der Waals surface area contributed by atoms with Crippen LogP contribution in [-0.2, 0) is 4.79 Å². The Morgan fingerprint density at radius 1 is 1.43 bits per heavy atom. The molecule has 2 heterocycles. The van der Waals surface area contributed by atoms with E-state index in [0.29, 0.717) is 12.6 Å². The van der Waals surface area contributed by atoms with Crippen molar-refractivity contribution in [1.29, 1.82) is 0 Å². The number of carbonyl (C=O) groups is 1. The highest BCUT2D eigenvalue weighted by molar-refractivity contribution is 5.94. The second-order valence-corrected chi connectivity index (χ2v) is 5.80. The molecule has 2 fully saturated rings. The van der Waals surface area contributed by atoms with Crippen molar-refractivity contribution in [2.45, 2.75) is 38.6 Å². The van der Waals surface area contributed by atoms with E-state index in [1.807, 2.05) is 0 Å². The molecule has 0 radical (unpaired) electrons. The predicted molar refractivity (Wildman–Crippen MR) is 82.4 cm³/mol. The summed E-state index contributed by atoms with van der Waals surface area (Å²) in [5.41, 5.74) is 0.733. The molecule has 1 aliphatic carbocycles. The zero-order valence-electron chi connectivity index (χ0n) is 12.6. The molecular weight excluding hydrogens is 266 g/mol. The lowest BCUT2D eigenvalue weighted by Gasteiger charge is -2.21. The van der Waals surface area contributed by atoms with Crippen LogP contribution in [0.5, 0.6) is 0 Å². The topological polar surface area (TPSA) is 61.4 Å². The van der Waals surface area contributed by atoms with Crippen LogP contribution in [0.4, 0.5) is 11.5 Å². The molecule has 1 N–H and O–H groups in total. The van der Waals surface area contributed by atoms with E-state index in [-0.39, 0.29) is 5.91 Å². The maximum atomic E-state index is 12.3. The summed E-state index contributed by atoms with van der Waals surface area (Å²) >= 11 is 0. The van der Waals surface area contributed by atoms with Gasteiger partial charge < -0.3 is 10.2 Å². The van der Waals surface area contributed by atoms with Crippen molar-refractivity contribution in [3.8, 4) is 0 Å². The molecule has 1 aromatic heterocycles. The van der Waals surface area contributed by atoms with Gasteiger partial charge in [-0.25, -0.2) is 9.97 Å². The van der Waals surface area contributed by atoms with Crippen molar-refractivity contribution in [1.82, 2.24) is 14.9 Å². The monoisotopic (exact) mass is 289 g/mol. The maximum absolute atomic E-state index is 12.3. The number of amides is 1. The number of anilines is 2. The fourth-order valence-electron chi connectivity index (χ4n) is 2.91. The fraction of sp³-hybridized carbons (Fsp3) is 0.667. The van der Waals surface area contributed by atoms with Gasteiger partial charge in [-0.3, -0.25) is 9.69 Å². The van der Waals surface area contributed by atoms with Crippen LogP contribution in [0.3, 0.4) is 0 Å². The first-order chi connectivity index (χ1) is 10.3. The van der Waals surface area contributed by atoms with E-state index in [0.717, 1.165) is 31.1 Å². The minimum atomic E-state index is 0.0268. The Morgan fingerprint density at radius 2 is 2.19 bits per heavy atom. The number of hydrogen-bond acceptors (Lipinski definition) is 5. The Hall–Kier alpha value is -1.69. The largest absolute Gasteiger partial charge is 0.355 e. The van der Waals surface area contributed by atoms with Crippen molar-refractivity contribution < 1.29 is 4.79 Å². The SMILES string of the molecule is CCN(CC(=O)Nc1cncnc1N1CCCC1)C1CC1. The summed E-state index contributed by atoms with van der Waals surface area (Å²) in [6.07, 6.45) is 8.05. The number of hydrogen-bond donors (Lipinski definition) is 1. The summed E-state index contributed by atoms with van der Waals surface area (Å²) in [5.74, 6) is 0.879. The van der Waals surface area contributed by atoms with Gasteiger partial charge in [0.15, 0.2) is 5.82 Å². The molecule has 1 aliphatic heterocycles. The lowest BCUT2D eigenvalue weighted by Crippen LogP contribution is -2.35. The molecule has 1 saturated carbocycles. The van der Waals surface area contributed by atoms with E-state index in [2.05, 4.69) is 32.0 Å². The highest BCUT2D eigenvalue weighted by Crippen LogP contribution is 2.27. The summed E-state index contributed by atoms with van der Waals surface area (Å²) in [7, 11) is 0. The fourth-order valence-corrected chi connectivity index (χ4v) is 2.91. The van der Waals surface area contributed by atoms with Gasteiger partial charge in [-0.15, -0.1) is 0 Å². The third-order valence-corrected chi connectivity index (χ3v) is 4.19. The van der Waals surface area contributed by atoms with Crippen molar-refractivity contribution in [3.05, 3.63) is 12.5 Å². The minimum Gasteiger partial charge on any atom is -0.355 e. The minimum absolute atomic E-state index is 0.0268. The van der Waals surface area contributed by atoms with Crippen molar-refractivity contribution >= 4 is 17.4 Å². The first-order valence-corrected chi connectivity index (χ1v) is 7.86. The zero-order chi connectivity index (χ0) is 14.7. The molecule has 0 atom stereocenters. The number of nitrogens with zero attached hydrogens (tertiary/aromatic N) is 4. The van der Waals surface area contributed by atoms with Gasteiger partial charge in [0.1, 0.15) is 12.0 Å². The molecule has 6 nitrogen and oxygen atoms in total. The van der Waals surface area contributed by atoms with Crippen molar-refractivity contribution in [3.63, 3.8) is 0 Å². The molecule has 1 saturated heterocycles. The lowest BCUT2D eigenvalue weighted by atomic mass is 10.4. The summed E-state index contributed by atoms with van der Waals surface area (Å²) in [6, 6.07) is 0.603. The van der Waals surface area contributed by atoms with E-state index in [4.69, 9.17) is 0 Å². The molecule has 114 valence electrons. The molecule has 1 aromatic rings. The smallest absolute Gasteiger partial charge is 0.238 e. The van der Waals surface area contributed by atoms with Gasteiger partial charge in [0.05, 0.1) is 12.7 Å². The van der Waals surface area contributed by atoms with Gasteiger partial charge >= 0.3 is 0 Å². The lowest BCUT2D eigenvalue weighted by molar-refractivity contribution is -0.117. The standard InChI is InChI=1S/C15H23N5O/c1-2-19(12-5-6-12)10-14(21)18-13-9-16-11-17-15(13)20-7-3-4-8-20/h9,11-12H,2-8,10H2,1H3,(H,18,21). The third kappa shape index (κ3) is 3.50. The van der Waals surface area contributed by atoms with Crippen LogP contribution in [0, 0.1) is 0 Å². The third-order valence-electron chi connectivity index (χ3n) is 4.19. The average Bonchev–Trinajstić information content (AvgIpc) is 3.20. The van der Waals surface area contributed by atoms with Crippen LogP contribution >= 0.6 is 0 Å². The highest BCUT2D eigenvalue weighted by Gasteiger charge is 2.29. The normalized spacial score (nSPS) is 18.3. The van der Waals surface area contributed by atoms with Gasteiger partial charge in [-0.2, -0.15) is 0 Å². The summed E-state index contributed by atoms with van der Waals surface area (Å²) in [6.45, 7) is 5.48. The van der Waals surface area contributed by atoms with Crippen LogP contribution in [0.15, 0.2) is 12.5 Å². The van der Waals surface area contributed by atoms with Crippen molar-refractivity contribution in [2.24, 2.45) is 0 Å². The molecule has 0 aromatic carbocycles. The van der Waals surface area contributed by atoms with Crippen LogP contribution in [-0.4, -0.2) is 53.0 Å².